The van der Waals surface area contributed by atoms with E-state index in [1.165, 1.54) is 23.1 Å². The molecule has 0 saturated carbocycles. The highest BCUT2D eigenvalue weighted by Gasteiger charge is 2.33. The van der Waals surface area contributed by atoms with Gasteiger partial charge in [0.05, 0.1) is 11.1 Å². The zero-order valence-corrected chi connectivity index (χ0v) is 17.1. The third-order valence-electron chi connectivity index (χ3n) is 3.27. The van der Waals surface area contributed by atoms with Gasteiger partial charge in [0.25, 0.3) is 11.8 Å². The molecule has 25 heavy (non-hydrogen) atoms. The average Bonchev–Trinajstić information content (AvgIpc) is 2.57. The quantitative estimate of drug-likeness (QED) is 0.287. The molecule has 0 radical (unpaired) electrons. The number of phenols is 1. The van der Waals surface area contributed by atoms with Gasteiger partial charge in [0.15, 0.2) is 16.6 Å². The number of nitrogens with one attached hydrogen (secondary N) is 1. The van der Waals surface area contributed by atoms with E-state index in [-0.39, 0.29) is 28.7 Å². The van der Waals surface area contributed by atoms with Crippen molar-refractivity contribution in [3.8, 4) is 11.5 Å². The molecule has 9 heteroatoms. The molecule has 1 aliphatic heterocycles. The Morgan fingerprint density at radius 3 is 2.68 bits per heavy atom. The largest absolute Gasteiger partial charge is 0.503 e. The second-order valence-electron chi connectivity index (χ2n) is 4.90. The van der Waals surface area contributed by atoms with Crippen molar-refractivity contribution in [1.29, 1.82) is 0 Å². The van der Waals surface area contributed by atoms with Crippen molar-refractivity contribution in [2.24, 2.45) is 0 Å². The predicted molar refractivity (Wildman–Crippen MR) is 105 cm³/mol. The maximum absolute atomic E-state index is 12.6. The van der Waals surface area contributed by atoms with E-state index in [2.05, 4.69) is 43.8 Å². The van der Waals surface area contributed by atoms with Crippen LogP contribution < -0.4 is 10.1 Å². The average molecular weight is 490 g/mol. The van der Waals surface area contributed by atoms with E-state index in [0.29, 0.717) is 21.1 Å². The number of halogens is 2. The van der Waals surface area contributed by atoms with Gasteiger partial charge in [-0.15, -0.1) is 6.58 Å². The molecular formula is C16H14Br2N2O4S. The molecule has 2 rings (SSSR count). The summed E-state index contributed by atoms with van der Waals surface area (Å²) in [6, 6.07) is 1.53. The van der Waals surface area contributed by atoms with Crippen molar-refractivity contribution >= 4 is 67.1 Å². The summed E-state index contributed by atoms with van der Waals surface area (Å²) in [5, 5.41) is 12.6. The number of hydrogen-bond donors (Lipinski definition) is 2. The molecule has 6 nitrogen and oxygen atoms in total. The van der Waals surface area contributed by atoms with Crippen LogP contribution in [0.1, 0.15) is 12.5 Å². The number of thiocarbonyl (C=S) groups is 1. The smallest absolute Gasteiger partial charge is 0.265 e. The first kappa shape index (κ1) is 19.6. The van der Waals surface area contributed by atoms with Gasteiger partial charge in [-0.3, -0.25) is 19.8 Å². The van der Waals surface area contributed by atoms with Gasteiger partial charge in [-0.05, 0) is 68.7 Å². The number of rotatable bonds is 5. The van der Waals surface area contributed by atoms with Gasteiger partial charge in [-0.25, -0.2) is 0 Å². The Balaban J connectivity index is 2.54. The molecule has 2 amide bonds. The van der Waals surface area contributed by atoms with Crippen LogP contribution in [0.2, 0.25) is 0 Å². The first-order chi connectivity index (χ1) is 11.8. The Labute approximate surface area is 166 Å². The molecule has 1 saturated heterocycles. The van der Waals surface area contributed by atoms with Gasteiger partial charge < -0.3 is 9.84 Å². The third kappa shape index (κ3) is 3.94. The first-order valence-corrected chi connectivity index (χ1v) is 9.14. The monoisotopic (exact) mass is 488 g/mol. The van der Waals surface area contributed by atoms with E-state index >= 15 is 0 Å². The summed E-state index contributed by atoms with van der Waals surface area (Å²) in [5.74, 6) is -0.969. The standard InChI is InChI=1S/C16H14Br2N2O4S/c1-3-5-20-15(23)9(14(22)19-16(20)25)6-8-7-10(24-4-2)13(21)12(18)11(8)17/h3,6-7,21H,1,4-5H2,2H3,(H,19,22,25)/b9-6+. The molecule has 0 unspecified atom stereocenters. The molecule has 2 N–H and O–H groups in total. The fraction of sp³-hybridized carbons (Fsp3) is 0.188. The van der Waals surface area contributed by atoms with Crippen LogP contribution in [0.5, 0.6) is 11.5 Å². The highest BCUT2D eigenvalue weighted by atomic mass is 79.9. The lowest BCUT2D eigenvalue weighted by Crippen LogP contribution is -2.53. The van der Waals surface area contributed by atoms with Crippen LogP contribution in [0.25, 0.3) is 6.08 Å². The lowest BCUT2D eigenvalue weighted by Gasteiger charge is -2.27. The number of phenolic OH excluding ortho intramolecular Hbond substituents is 1. The summed E-state index contributed by atoms with van der Waals surface area (Å²) < 4.78 is 6.20. The van der Waals surface area contributed by atoms with Crippen LogP contribution in [0.3, 0.4) is 0 Å². The molecule has 0 bridgehead atoms. The van der Waals surface area contributed by atoms with Crippen LogP contribution in [0.4, 0.5) is 0 Å². The summed E-state index contributed by atoms with van der Waals surface area (Å²) in [7, 11) is 0. The van der Waals surface area contributed by atoms with Crippen molar-refractivity contribution in [2.45, 2.75) is 6.92 Å². The van der Waals surface area contributed by atoms with Gasteiger partial charge in [0.1, 0.15) is 5.57 Å². The Morgan fingerprint density at radius 1 is 1.40 bits per heavy atom. The summed E-state index contributed by atoms with van der Waals surface area (Å²) >= 11 is 11.6. The zero-order valence-electron chi connectivity index (χ0n) is 13.1. The van der Waals surface area contributed by atoms with Crippen molar-refractivity contribution in [1.82, 2.24) is 10.2 Å². The topological polar surface area (TPSA) is 78.9 Å². The van der Waals surface area contributed by atoms with E-state index in [1.807, 2.05) is 0 Å². The Hall–Kier alpha value is -1.71. The Bertz CT molecular complexity index is 808. The molecule has 1 heterocycles. The van der Waals surface area contributed by atoms with E-state index in [9.17, 15) is 14.7 Å². The van der Waals surface area contributed by atoms with Crippen LogP contribution in [-0.4, -0.2) is 40.1 Å². The molecule has 0 spiro atoms. The van der Waals surface area contributed by atoms with Crippen LogP contribution >= 0.6 is 44.1 Å². The third-order valence-corrected chi connectivity index (χ3v) is 5.75. The molecule has 1 aliphatic rings. The highest BCUT2D eigenvalue weighted by molar-refractivity contribution is 9.13. The molecule has 1 fully saturated rings. The molecular weight excluding hydrogens is 476 g/mol. The number of carbonyl (C=O) groups is 2. The number of aromatic hydroxyl groups is 1. The van der Waals surface area contributed by atoms with Gasteiger partial charge in [-0.1, -0.05) is 6.08 Å². The van der Waals surface area contributed by atoms with Gasteiger partial charge >= 0.3 is 0 Å². The lowest BCUT2D eigenvalue weighted by atomic mass is 10.1. The Morgan fingerprint density at radius 2 is 2.08 bits per heavy atom. The minimum Gasteiger partial charge on any atom is -0.503 e. The first-order valence-electron chi connectivity index (χ1n) is 7.15. The van der Waals surface area contributed by atoms with E-state index in [1.54, 1.807) is 6.92 Å². The van der Waals surface area contributed by atoms with Gasteiger partial charge in [0, 0.05) is 11.0 Å². The SMILES string of the molecule is C=CCN1C(=O)/C(=C/c2cc(OCC)c(O)c(Br)c2Br)C(=O)NC1=S. The van der Waals surface area contributed by atoms with Crippen molar-refractivity contribution in [2.75, 3.05) is 13.2 Å². The normalized spacial score (nSPS) is 16.2. The summed E-state index contributed by atoms with van der Waals surface area (Å²) in [6.45, 7) is 5.88. The van der Waals surface area contributed by atoms with Crippen molar-refractivity contribution < 1.29 is 19.4 Å². The number of hydrogen-bond acceptors (Lipinski definition) is 5. The van der Waals surface area contributed by atoms with E-state index < -0.39 is 11.8 Å². The number of ether oxygens (including phenoxy) is 1. The zero-order chi connectivity index (χ0) is 18.7. The fourth-order valence-electron chi connectivity index (χ4n) is 2.13. The molecule has 0 aliphatic carbocycles. The number of benzene rings is 1. The molecule has 1 aromatic rings. The maximum atomic E-state index is 12.6. The molecule has 0 atom stereocenters. The Kier molecular flexibility index (Phi) is 6.36. The summed E-state index contributed by atoms with van der Waals surface area (Å²) in [6.07, 6.45) is 2.92. The second-order valence-corrected chi connectivity index (χ2v) is 6.87. The van der Waals surface area contributed by atoms with E-state index in [4.69, 9.17) is 17.0 Å². The van der Waals surface area contributed by atoms with Gasteiger partial charge in [0.2, 0.25) is 0 Å². The minimum absolute atomic E-state index is 0.0352. The van der Waals surface area contributed by atoms with Crippen molar-refractivity contribution in [3.63, 3.8) is 0 Å². The minimum atomic E-state index is -0.593. The number of carbonyl (C=O) groups excluding carboxylic acids is 2. The second kappa shape index (κ2) is 8.11. The number of amides is 2. The highest BCUT2D eigenvalue weighted by Crippen LogP contribution is 2.42. The fourth-order valence-corrected chi connectivity index (χ4v) is 3.22. The molecule has 132 valence electrons. The van der Waals surface area contributed by atoms with Crippen LogP contribution in [-0.2, 0) is 9.59 Å². The maximum Gasteiger partial charge on any atom is 0.265 e. The molecule has 1 aromatic carbocycles. The van der Waals surface area contributed by atoms with E-state index in [0.717, 1.165) is 0 Å². The van der Waals surface area contributed by atoms with Crippen molar-refractivity contribution in [3.05, 3.63) is 38.8 Å². The summed E-state index contributed by atoms with van der Waals surface area (Å²) in [5.41, 5.74) is 0.397. The number of nitrogens with zero attached hydrogens (tertiary/aromatic N) is 1. The van der Waals surface area contributed by atoms with Gasteiger partial charge in [-0.2, -0.15) is 0 Å². The molecule has 0 aromatic heterocycles. The van der Waals surface area contributed by atoms with Crippen LogP contribution in [0.15, 0.2) is 33.2 Å². The lowest BCUT2D eigenvalue weighted by molar-refractivity contribution is -0.128. The summed E-state index contributed by atoms with van der Waals surface area (Å²) in [4.78, 5) is 26.0. The van der Waals surface area contributed by atoms with Crippen LogP contribution in [0, 0.1) is 0 Å². The predicted octanol–water partition coefficient (Wildman–Crippen LogP) is 3.13.